The second kappa shape index (κ2) is 8.27. The van der Waals surface area contributed by atoms with Crippen molar-refractivity contribution in [3.63, 3.8) is 0 Å². The number of anilines is 2. The molecular weight excluding hydrogens is 411 g/mol. The molecule has 0 amide bonds. The normalized spacial score (nSPS) is 10.6. The fourth-order valence-corrected chi connectivity index (χ4v) is 3.26. The molecule has 0 spiro atoms. The summed E-state index contributed by atoms with van der Waals surface area (Å²) in [5, 5.41) is 12.6. The van der Waals surface area contributed by atoms with E-state index in [0.29, 0.717) is 32.5 Å². The Bertz CT molecular complexity index is 955. The van der Waals surface area contributed by atoms with Crippen molar-refractivity contribution in [1.29, 1.82) is 0 Å². The topological polar surface area (TPSA) is 41.9 Å². The zero-order valence-electron chi connectivity index (χ0n) is 13.8. The summed E-state index contributed by atoms with van der Waals surface area (Å²) in [4.78, 5) is 0. The van der Waals surface area contributed by atoms with Gasteiger partial charge in [-0.2, -0.15) is 5.10 Å². The van der Waals surface area contributed by atoms with E-state index in [1.54, 1.807) is 23.0 Å². The monoisotopic (exact) mass is 424 g/mol. The molecule has 4 nitrogen and oxygen atoms in total. The molecule has 0 unspecified atom stereocenters. The maximum absolute atomic E-state index is 6.26. The molecule has 0 radical (unpaired) electrons. The number of aryl methyl sites for hydroxylation is 1. The van der Waals surface area contributed by atoms with Crippen LogP contribution in [0.3, 0.4) is 0 Å². The molecular formula is C18H15Cl3N4S. The van der Waals surface area contributed by atoms with Crippen LogP contribution < -0.4 is 10.6 Å². The van der Waals surface area contributed by atoms with Gasteiger partial charge in [0.05, 0.1) is 6.54 Å². The molecule has 0 fully saturated rings. The fraction of sp³-hybridized carbons (Fsp3) is 0.111. The molecule has 8 heteroatoms. The standard InChI is InChI=1S/C18H15Cl3N4S/c1-11-3-2-4-14(7-11)22-18(26)23-17-16(21)10-25(24-17)9-12-5-6-13(19)8-15(12)20/h2-8,10H,9H2,1H3,(H2,22,23,24,26). The van der Waals surface area contributed by atoms with Gasteiger partial charge in [0.1, 0.15) is 5.02 Å². The Balaban J connectivity index is 1.68. The van der Waals surface area contributed by atoms with Gasteiger partial charge in [0.25, 0.3) is 0 Å². The molecule has 2 aromatic carbocycles. The average Bonchev–Trinajstić information content (AvgIpc) is 2.89. The Morgan fingerprint density at radius 3 is 2.62 bits per heavy atom. The zero-order chi connectivity index (χ0) is 18.7. The molecule has 0 aliphatic rings. The molecule has 0 aliphatic carbocycles. The van der Waals surface area contributed by atoms with Crippen LogP contribution in [0, 0.1) is 6.92 Å². The van der Waals surface area contributed by atoms with E-state index in [9.17, 15) is 0 Å². The summed E-state index contributed by atoms with van der Waals surface area (Å²) in [6.45, 7) is 2.48. The van der Waals surface area contributed by atoms with Gasteiger partial charge in [0.2, 0.25) is 0 Å². The van der Waals surface area contributed by atoms with Gasteiger partial charge in [-0.15, -0.1) is 0 Å². The van der Waals surface area contributed by atoms with Crippen LogP contribution in [-0.2, 0) is 6.54 Å². The lowest BCUT2D eigenvalue weighted by atomic mass is 10.2. The summed E-state index contributed by atoms with van der Waals surface area (Å²) >= 11 is 23.7. The first-order chi connectivity index (χ1) is 12.4. The molecule has 3 rings (SSSR count). The van der Waals surface area contributed by atoms with E-state index in [-0.39, 0.29) is 0 Å². The summed E-state index contributed by atoms with van der Waals surface area (Å²) < 4.78 is 1.69. The van der Waals surface area contributed by atoms with Crippen molar-refractivity contribution in [2.24, 2.45) is 0 Å². The van der Waals surface area contributed by atoms with Gasteiger partial charge in [-0.05, 0) is 54.5 Å². The highest BCUT2D eigenvalue weighted by Gasteiger charge is 2.10. The van der Waals surface area contributed by atoms with E-state index in [0.717, 1.165) is 16.8 Å². The van der Waals surface area contributed by atoms with Crippen molar-refractivity contribution in [2.45, 2.75) is 13.5 Å². The first-order valence-electron chi connectivity index (χ1n) is 7.72. The van der Waals surface area contributed by atoms with Crippen LogP contribution in [0.2, 0.25) is 15.1 Å². The number of hydrogen-bond acceptors (Lipinski definition) is 2. The maximum atomic E-state index is 6.26. The van der Waals surface area contributed by atoms with Gasteiger partial charge >= 0.3 is 0 Å². The van der Waals surface area contributed by atoms with Crippen molar-refractivity contribution >= 4 is 63.6 Å². The first-order valence-corrected chi connectivity index (χ1v) is 9.26. The third kappa shape index (κ3) is 4.89. The molecule has 26 heavy (non-hydrogen) atoms. The number of thiocarbonyl (C=S) groups is 1. The Morgan fingerprint density at radius 1 is 1.08 bits per heavy atom. The Labute approximate surface area is 172 Å². The fourth-order valence-electron chi connectivity index (χ4n) is 2.38. The highest BCUT2D eigenvalue weighted by Crippen LogP contribution is 2.24. The molecule has 0 aliphatic heterocycles. The smallest absolute Gasteiger partial charge is 0.176 e. The summed E-state index contributed by atoms with van der Waals surface area (Å²) in [6, 6.07) is 13.2. The van der Waals surface area contributed by atoms with Crippen molar-refractivity contribution in [3.8, 4) is 0 Å². The van der Waals surface area contributed by atoms with Crippen LogP contribution in [0.15, 0.2) is 48.7 Å². The number of nitrogens with zero attached hydrogens (tertiary/aromatic N) is 2. The predicted octanol–water partition coefficient (Wildman–Crippen LogP) is 6.01. The third-order valence-electron chi connectivity index (χ3n) is 3.57. The average molecular weight is 426 g/mol. The van der Waals surface area contributed by atoms with Crippen LogP contribution in [0.5, 0.6) is 0 Å². The second-order valence-corrected chi connectivity index (χ2v) is 7.37. The number of rotatable bonds is 4. The molecule has 1 aromatic heterocycles. The highest BCUT2D eigenvalue weighted by atomic mass is 35.5. The lowest BCUT2D eigenvalue weighted by Crippen LogP contribution is -2.19. The van der Waals surface area contributed by atoms with Gasteiger partial charge < -0.3 is 10.6 Å². The maximum Gasteiger partial charge on any atom is 0.176 e. The molecule has 134 valence electrons. The van der Waals surface area contributed by atoms with E-state index in [2.05, 4.69) is 15.7 Å². The molecule has 0 bridgehead atoms. The quantitative estimate of drug-likeness (QED) is 0.502. The number of hydrogen-bond donors (Lipinski definition) is 2. The van der Waals surface area contributed by atoms with E-state index in [1.807, 2.05) is 37.3 Å². The lowest BCUT2D eigenvalue weighted by Gasteiger charge is -2.09. The van der Waals surface area contributed by atoms with Crippen LogP contribution in [0.4, 0.5) is 11.5 Å². The number of aromatic nitrogens is 2. The Hall–Kier alpha value is -1.79. The van der Waals surface area contributed by atoms with E-state index >= 15 is 0 Å². The molecule has 0 saturated heterocycles. The largest absolute Gasteiger partial charge is 0.332 e. The Kier molecular flexibility index (Phi) is 6.04. The molecule has 2 N–H and O–H groups in total. The van der Waals surface area contributed by atoms with Gasteiger partial charge in [0, 0.05) is 21.9 Å². The second-order valence-electron chi connectivity index (χ2n) is 5.71. The van der Waals surface area contributed by atoms with Gasteiger partial charge in [-0.25, -0.2) is 0 Å². The molecule has 0 saturated carbocycles. The van der Waals surface area contributed by atoms with Crippen LogP contribution in [0.25, 0.3) is 0 Å². The van der Waals surface area contributed by atoms with Crippen molar-refractivity contribution in [3.05, 3.63) is 74.9 Å². The summed E-state index contributed by atoms with van der Waals surface area (Å²) in [6.07, 6.45) is 1.71. The SMILES string of the molecule is Cc1cccc(NC(=S)Nc2nn(Cc3ccc(Cl)cc3Cl)cc2Cl)c1. The molecule has 3 aromatic rings. The first kappa shape index (κ1) is 19.0. The summed E-state index contributed by atoms with van der Waals surface area (Å²) in [7, 11) is 0. The summed E-state index contributed by atoms with van der Waals surface area (Å²) in [5.74, 6) is 0.474. The van der Waals surface area contributed by atoms with Crippen LogP contribution in [-0.4, -0.2) is 14.9 Å². The van der Waals surface area contributed by atoms with Crippen molar-refractivity contribution in [2.75, 3.05) is 10.6 Å². The van der Waals surface area contributed by atoms with E-state index in [1.165, 1.54) is 0 Å². The van der Waals surface area contributed by atoms with Gasteiger partial charge in [-0.3, -0.25) is 4.68 Å². The predicted molar refractivity (Wildman–Crippen MR) is 114 cm³/mol. The minimum Gasteiger partial charge on any atom is -0.332 e. The number of halogens is 3. The van der Waals surface area contributed by atoms with Gasteiger partial charge in [0.15, 0.2) is 10.9 Å². The van der Waals surface area contributed by atoms with Crippen molar-refractivity contribution in [1.82, 2.24) is 9.78 Å². The van der Waals surface area contributed by atoms with Crippen molar-refractivity contribution < 1.29 is 0 Å². The minimum atomic E-state index is 0.410. The zero-order valence-corrected chi connectivity index (χ0v) is 16.8. The summed E-state index contributed by atoms with van der Waals surface area (Å²) in [5.41, 5.74) is 2.92. The molecule has 1 heterocycles. The van der Waals surface area contributed by atoms with E-state index < -0.39 is 0 Å². The minimum absolute atomic E-state index is 0.410. The highest BCUT2D eigenvalue weighted by molar-refractivity contribution is 7.80. The van der Waals surface area contributed by atoms with E-state index in [4.69, 9.17) is 47.0 Å². The van der Waals surface area contributed by atoms with Crippen LogP contribution >= 0.6 is 47.0 Å². The van der Waals surface area contributed by atoms with Crippen LogP contribution in [0.1, 0.15) is 11.1 Å². The lowest BCUT2D eigenvalue weighted by molar-refractivity contribution is 0.690. The molecule has 0 atom stereocenters. The number of benzene rings is 2. The number of nitrogens with one attached hydrogen (secondary N) is 2. The third-order valence-corrected chi connectivity index (χ3v) is 4.64. The Morgan fingerprint density at radius 2 is 1.88 bits per heavy atom. The van der Waals surface area contributed by atoms with Gasteiger partial charge in [-0.1, -0.05) is 53.0 Å².